The first-order chi connectivity index (χ1) is 23.8. The summed E-state index contributed by atoms with van der Waals surface area (Å²) in [6, 6.07) is 54.9. The zero-order chi connectivity index (χ0) is 31.6. The van der Waals surface area contributed by atoms with Gasteiger partial charge in [-0.25, -0.2) is 4.98 Å². The maximum absolute atomic E-state index is 6.78. The van der Waals surface area contributed by atoms with Gasteiger partial charge in [-0.3, -0.25) is 0 Å². The lowest BCUT2D eigenvalue weighted by Gasteiger charge is -2.26. The van der Waals surface area contributed by atoms with Crippen molar-refractivity contribution < 1.29 is 8.83 Å². The van der Waals surface area contributed by atoms with Crippen LogP contribution in [0.5, 0.6) is 0 Å². The molecule has 0 saturated carbocycles. The molecule has 0 N–H and O–H groups in total. The Bertz CT molecular complexity index is 2780. The molecule has 0 saturated heterocycles. The van der Waals surface area contributed by atoms with E-state index in [-0.39, 0.29) is 0 Å². The molecule has 4 nitrogen and oxygen atoms in total. The number of nitrogens with zero attached hydrogens (tertiary/aromatic N) is 2. The fraction of sp³-hybridized carbons (Fsp3) is 0. The van der Waals surface area contributed by atoms with Gasteiger partial charge in [-0.2, -0.15) is 0 Å². The van der Waals surface area contributed by atoms with Crippen LogP contribution >= 0.6 is 11.3 Å². The van der Waals surface area contributed by atoms with Crippen molar-refractivity contribution in [2.45, 2.75) is 0 Å². The van der Waals surface area contributed by atoms with E-state index in [0.717, 1.165) is 55.7 Å². The molecular formula is C43H26N2O2S. The Morgan fingerprint density at radius 2 is 1.10 bits per heavy atom. The Balaban J connectivity index is 1.23. The zero-order valence-electron chi connectivity index (χ0n) is 25.6. The number of aromatic nitrogens is 1. The minimum atomic E-state index is 0.597. The summed E-state index contributed by atoms with van der Waals surface area (Å²) in [4.78, 5) is 7.34. The van der Waals surface area contributed by atoms with Crippen LogP contribution in [0, 0.1) is 0 Å². The normalized spacial score (nSPS) is 11.8. The summed E-state index contributed by atoms with van der Waals surface area (Å²) in [7, 11) is 0. The van der Waals surface area contributed by atoms with Crippen molar-refractivity contribution in [3.63, 3.8) is 0 Å². The van der Waals surface area contributed by atoms with Gasteiger partial charge < -0.3 is 13.7 Å². The van der Waals surface area contributed by atoms with E-state index < -0.39 is 0 Å². The van der Waals surface area contributed by atoms with Gasteiger partial charge in [-0.1, -0.05) is 97.1 Å². The third-order valence-electron chi connectivity index (χ3n) is 9.11. The van der Waals surface area contributed by atoms with Gasteiger partial charge in [0.2, 0.25) is 5.89 Å². The van der Waals surface area contributed by atoms with Gasteiger partial charge in [0.1, 0.15) is 11.1 Å². The molecule has 3 aromatic heterocycles. The van der Waals surface area contributed by atoms with Gasteiger partial charge in [0.25, 0.3) is 0 Å². The quantitative estimate of drug-likeness (QED) is 0.189. The number of furan rings is 1. The summed E-state index contributed by atoms with van der Waals surface area (Å²) in [5.41, 5.74) is 9.51. The van der Waals surface area contributed by atoms with Crippen molar-refractivity contribution in [1.82, 2.24) is 4.98 Å². The highest BCUT2D eigenvalue weighted by molar-refractivity contribution is 7.26. The van der Waals surface area contributed by atoms with Crippen molar-refractivity contribution in [2.24, 2.45) is 0 Å². The Kier molecular flexibility index (Phi) is 6.01. The van der Waals surface area contributed by atoms with Crippen LogP contribution in [0.3, 0.4) is 0 Å². The maximum atomic E-state index is 6.78. The van der Waals surface area contributed by atoms with Gasteiger partial charge in [-0.15, -0.1) is 11.3 Å². The zero-order valence-corrected chi connectivity index (χ0v) is 26.4. The number of para-hydroxylation sites is 1. The molecule has 0 atom stereocenters. The van der Waals surface area contributed by atoms with E-state index in [2.05, 4.69) is 120 Å². The van der Waals surface area contributed by atoms with E-state index in [9.17, 15) is 0 Å². The van der Waals surface area contributed by atoms with E-state index in [1.807, 2.05) is 53.8 Å². The van der Waals surface area contributed by atoms with E-state index in [1.54, 1.807) is 0 Å². The highest BCUT2D eigenvalue weighted by Crippen LogP contribution is 2.48. The van der Waals surface area contributed by atoms with Crippen molar-refractivity contribution in [3.8, 4) is 22.6 Å². The molecule has 0 unspecified atom stereocenters. The lowest BCUT2D eigenvalue weighted by Crippen LogP contribution is -2.10. The van der Waals surface area contributed by atoms with Crippen LogP contribution in [0.1, 0.15) is 0 Å². The Labute approximate surface area is 279 Å². The second-order valence-corrected chi connectivity index (χ2v) is 13.0. The molecule has 7 aromatic carbocycles. The molecule has 0 aliphatic carbocycles. The van der Waals surface area contributed by atoms with Crippen LogP contribution < -0.4 is 4.90 Å². The highest BCUT2D eigenvalue weighted by atomic mass is 32.1. The summed E-state index contributed by atoms with van der Waals surface area (Å²) in [5.74, 6) is 0.597. The molecule has 0 spiro atoms. The lowest BCUT2D eigenvalue weighted by atomic mass is 10.0. The van der Waals surface area contributed by atoms with Gasteiger partial charge in [-0.05, 0) is 71.8 Å². The molecule has 3 heterocycles. The number of fused-ring (bicyclic) bond motifs is 8. The smallest absolute Gasteiger partial charge is 0.227 e. The molecule has 0 fully saturated rings. The number of thiophene rings is 1. The lowest BCUT2D eigenvalue weighted by molar-refractivity contribution is 0.619. The van der Waals surface area contributed by atoms with Gasteiger partial charge in [0.15, 0.2) is 11.2 Å². The fourth-order valence-corrected chi connectivity index (χ4v) is 8.05. The number of benzene rings is 7. The average Bonchev–Trinajstić information content (AvgIpc) is 3.87. The first-order valence-electron chi connectivity index (χ1n) is 16.0. The van der Waals surface area contributed by atoms with Crippen LogP contribution in [-0.4, -0.2) is 4.98 Å². The molecule has 0 aliphatic rings. The van der Waals surface area contributed by atoms with E-state index in [1.165, 1.54) is 31.3 Å². The predicted molar refractivity (Wildman–Crippen MR) is 200 cm³/mol. The molecule has 5 heteroatoms. The number of oxazole rings is 1. The van der Waals surface area contributed by atoms with Crippen molar-refractivity contribution in [2.75, 3.05) is 4.90 Å². The molecule has 10 rings (SSSR count). The predicted octanol–water partition coefficient (Wildman–Crippen LogP) is 12.9. The molecule has 0 bridgehead atoms. The molecule has 0 aliphatic heterocycles. The average molecular weight is 635 g/mol. The molecule has 0 amide bonds. The number of hydrogen-bond donors (Lipinski definition) is 0. The molecule has 48 heavy (non-hydrogen) atoms. The number of rotatable bonds is 5. The van der Waals surface area contributed by atoms with E-state index in [4.69, 9.17) is 13.8 Å². The van der Waals surface area contributed by atoms with Crippen LogP contribution in [0.15, 0.2) is 167 Å². The fourth-order valence-electron chi connectivity index (χ4n) is 6.92. The number of hydrogen-bond acceptors (Lipinski definition) is 5. The third-order valence-corrected chi connectivity index (χ3v) is 10.3. The second-order valence-electron chi connectivity index (χ2n) is 11.9. The Hall–Kier alpha value is -6.17. The Morgan fingerprint density at radius 3 is 1.94 bits per heavy atom. The summed E-state index contributed by atoms with van der Waals surface area (Å²) >= 11 is 1.82. The van der Waals surface area contributed by atoms with Crippen LogP contribution in [-0.2, 0) is 0 Å². The van der Waals surface area contributed by atoms with Crippen molar-refractivity contribution in [3.05, 3.63) is 158 Å². The molecule has 226 valence electrons. The third kappa shape index (κ3) is 4.18. The van der Waals surface area contributed by atoms with Gasteiger partial charge >= 0.3 is 0 Å². The SMILES string of the molecule is c1ccc(-c2ccc(N(c3cccc4c3oc3ccc5oc(-c6ccccc6)nc5c34)c3cccc4sc5ccccc5c34)cc2)cc1. The summed E-state index contributed by atoms with van der Waals surface area (Å²) in [6.07, 6.45) is 0. The van der Waals surface area contributed by atoms with Crippen LogP contribution in [0.25, 0.3) is 75.8 Å². The van der Waals surface area contributed by atoms with E-state index >= 15 is 0 Å². The number of anilines is 3. The first-order valence-corrected chi connectivity index (χ1v) is 16.8. The summed E-state index contributed by atoms with van der Waals surface area (Å²) in [5, 5.41) is 4.42. The molecule has 10 aromatic rings. The largest absolute Gasteiger partial charge is 0.454 e. The highest BCUT2D eigenvalue weighted by Gasteiger charge is 2.24. The topological polar surface area (TPSA) is 42.4 Å². The van der Waals surface area contributed by atoms with Gasteiger partial charge in [0, 0.05) is 36.8 Å². The summed E-state index contributed by atoms with van der Waals surface area (Å²) in [6.45, 7) is 0. The monoisotopic (exact) mass is 634 g/mol. The first kappa shape index (κ1) is 27.0. The Morgan fingerprint density at radius 1 is 0.458 bits per heavy atom. The van der Waals surface area contributed by atoms with Crippen LogP contribution in [0.4, 0.5) is 17.1 Å². The van der Waals surface area contributed by atoms with Crippen molar-refractivity contribution in [1.29, 1.82) is 0 Å². The summed E-state index contributed by atoms with van der Waals surface area (Å²) < 4.78 is 15.6. The molecule has 0 radical (unpaired) electrons. The standard InChI is InChI=1S/C43H26N2O2S/c1-3-11-27(12-4-1)28-21-23-30(24-22-28)45(33-17-10-20-38-39(33)31-15-7-8-19-37(31)48-38)34-18-9-16-32-40-35(46-42(32)34)25-26-36-41(40)44-43(47-36)29-13-5-2-6-14-29/h1-26H. The second kappa shape index (κ2) is 10.7. The van der Waals surface area contributed by atoms with Crippen molar-refractivity contribution >= 4 is 81.6 Å². The van der Waals surface area contributed by atoms with Crippen LogP contribution in [0.2, 0.25) is 0 Å². The van der Waals surface area contributed by atoms with Gasteiger partial charge in [0.05, 0.1) is 16.8 Å². The molecular weight excluding hydrogens is 609 g/mol. The maximum Gasteiger partial charge on any atom is 0.227 e. The minimum absolute atomic E-state index is 0.597. The minimum Gasteiger partial charge on any atom is -0.454 e. The van der Waals surface area contributed by atoms with E-state index in [0.29, 0.717) is 5.89 Å².